The van der Waals surface area contributed by atoms with Gasteiger partial charge < -0.3 is 9.13 Å². The first-order valence-electron chi connectivity index (χ1n) is 21.3. The van der Waals surface area contributed by atoms with Gasteiger partial charge in [0.2, 0.25) is 0 Å². The van der Waals surface area contributed by atoms with Gasteiger partial charge in [0.25, 0.3) is 0 Å². The fourth-order valence-corrected chi connectivity index (χ4v) is 8.37. The maximum absolute atomic E-state index is 13.8. The molecule has 0 saturated heterocycles. The number of imidazole rings is 2. The van der Waals surface area contributed by atoms with Crippen LogP contribution in [0.3, 0.4) is 0 Å². The molecule has 0 unspecified atom stereocenters. The minimum Gasteiger partial charge on any atom is -0.304 e. The van der Waals surface area contributed by atoms with Crippen LogP contribution in [0, 0.1) is 62.6 Å². The van der Waals surface area contributed by atoms with Crippen LogP contribution in [0.2, 0.25) is 0 Å². The van der Waals surface area contributed by atoms with Gasteiger partial charge in [0.1, 0.15) is 11.6 Å². The number of halogens is 6. The minimum absolute atomic E-state index is 0.351. The Morgan fingerprint density at radius 2 is 0.909 bits per heavy atom. The van der Waals surface area contributed by atoms with E-state index in [1.165, 1.54) is 0 Å². The highest BCUT2D eigenvalue weighted by atomic mass is 19.2. The van der Waals surface area contributed by atoms with Crippen molar-refractivity contribution in [1.29, 1.82) is 0 Å². The number of rotatable bonds is 8. The van der Waals surface area contributed by atoms with Crippen LogP contribution in [-0.2, 0) is 13.1 Å². The molecule has 12 nitrogen and oxygen atoms in total. The molecule has 0 spiro atoms. The molecule has 2 atom stereocenters. The van der Waals surface area contributed by atoms with E-state index in [1.807, 2.05) is 85.6 Å². The normalized spacial score (nSPS) is 15.8. The number of aromatic nitrogens is 12. The molecule has 10 rings (SSSR count). The van der Waals surface area contributed by atoms with E-state index in [2.05, 4.69) is 40.1 Å². The van der Waals surface area contributed by atoms with Crippen molar-refractivity contribution in [2.75, 3.05) is 0 Å². The molecule has 2 aromatic carbocycles. The molecule has 2 aliphatic rings. The molecule has 0 bridgehead atoms. The van der Waals surface area contributed by atoms with Crippen LogP contribution < -0.4 is 0 Å². The van der Waals surface area contributed by atoms with Crippen LogP contribution in [0.1, 0.15) is 106 Å². The Bertz CT molecular complexity index is 2900. The van der Waals surface area contributed by atoms with Crippen molar-refractivity contribution in [2.45, 2.75) is 78.3 Å². The van der Waals surface area contributed by atoms with E-state index in [-0.39, 0.29) is 11.8 Å². The Morgan fingerprint density at radius 3 is 1.26 bits per heavy atom. The second kappa shape index (κ2) is 18.2. The monoisotopic (exact) mass is 900 g/mol. The van der Waals surface area contributed by atoms with Gasteiger partial charge in [-0.2, -0.15) is 10.2 Å². The van der Waals surface area contributed by atoms with Gasteiger partial charge in [0, 0.05) is 37.3 Å². The Kier molecular flexibility index (Phi) is 12.0. The van der Waals surface area contributed by atoms with Crippen molar-refractivity contribution in [3.63, 3.8) is 0 Å². The second-order valence-electron chi connectivity index (χ2n) is 16.3. The van der Waals surface area contributed by atoms with E-state index < -0.39 is 34.9 Å². The van der Waals surface area contributed by atoms with E-state index >= 15 is 0 Å². The second-order valence-corrected chi connectivity index (χ2v) is 16.3. The first-order chi connectivity index (χ1) is 31.8. The van der Waals surface area contributed by atoms with E-state index in [0.717, 1.165) is 82.6 Å². The van der Waals surface area contributed by atoms with Crippen molar-refractivity contribution in [1.82, 2.24) is 58.6 Å². The van der Waals surface area contributed by atoms with Crippen molar-refractivity contribution in [3.8, 4) is 11.4 Å². The zero-order valence-electron chi connectivity index (χ0n) is 36.3. The Labute approximate surface area is 375 Å². The largest absolute Gasteiger partial charge is 0.304 e. The number of hydrogen-bond acceptors (Lipinski definition) is 8. The first kappa shape index (κ1) is 43.7. The SMILES string of the molecule is Cc1cn(-c2ccc(/C=C/c3nc4n(n3)CCC[C@@H]4c3cc(F)c(F)c(F)c3)nc2C)cn1.Cc1cn(-c2ccc(/C=C/c3nc4n(n3)CCC[C@H]4c3cc(F)c(F)c(F)c3)nc2C)cn1. The van der Waals surface area contributed by atoms with Gasteiger partial charge in [-0.1, -0.05) is 0 Å². The molecular weight excluding hydrogens is 859 g/mol. The number of benzene rings is 2. The van der Waals surface area contributed by atoms with Crippen molar-refractivity contribution >= 4 is 24.3 Å². The van der Waals surface area contributed by atoms with Gasteiger partial charge >= 0.3 is 0 Å². The minimum atomic E-state index is -1.46. The highest BCUT2D eigenvalue weighted by Gasteiger charge is 2.29. The van der Waals surface area contributed by atoms with Crippen molar-refractivity contribution < 1.29 is 26.3 Å². The van der Waals surface area contributed by atoms with Gasteiger partial charge in [-0.15, -0.1) is 0 Å². The fourth-order valence-electron chi connectivity index (χ4n) is 8.37. The van der Waals surface area contributed by atoms with Crippen LogP contribution in [0.4, 0.5) is 26.3 Å². The standard InChI is InChI=1S/2C24H21F3N6/c2*1-14-12-32(13-28-14)21-7-5-17(29-15(21)2)6-8-22-30-24-18(4-3-9-33(24)31-22)16-10-19(25)23(27)20(26)11-16/h2*5-8,10-13,18H,3-4,9H2,1-2H3/b2*8-6+/t2*18-/m10/s1. The Hall–Kier alpha value is -7.50. The molecule has 0 fully saturated rings. The van der Waals surface area contributed by atoms with Crippen LogP contribution >= 0.6 is 0 Å². The Morgan fingerprint density at radius 1 is 0.515 bits per heavy atom. The lowest BCUT2D eigenvalue weighted by molar-refractivity contribution is 0.427. The molecule has 336 valence electrons. The number of nitrogens with zero attached hydrogens (tertiary/aromatic N) is 12. The molecule has 6 aromatic heterocycles. The van der Waals surface area contributed by atoms with Gasteiger partial charge in [0.15, 0.2) is 46.6 Å². The molecule has 18 heteroatoms. The van der Waals surface area contributed by atoms with Crippen molar-refractivity contribution in [2.24, 2.45) is 0 Å². The summed E-state index contributed by atoms with van der Waals surface area (Å²) in [5.74, 6) is -6.23. The molecule has 0 N–H and O–H groups in total. The molecule has 2 aliphatic heterocycles. The van der Waals surface area contributed by atoms with Crippen LogP contribution in [0.5, 0.6) is 0 Å². The maximum Gasteiger partial charge on any atom is 0.194 e. The summed E-state index contributed by atoms with van der Waals surface area (Å²) in [6.45, 7) is 9.05. The van der Waals surface area contributed by atoms with E-state index in [1.54, 1.807) is 34.2 Å². The zero-order chi connectivity index (χ0) is 46.2. The zero-order valence-corrected chi connectivity index (χ0v) is 36.3. The number of aryl methyl sites for hydroxylation is 6. The Balaban J connectivity index is 0.000000166. The molecule has 0 radical (unpaired) electrons. The number of pyridine rings is 2. The smallest absolute Gasteiger partial charge is 0.194 e. The average Bonchev–Trinajstić information content (AvgIpc) is 4.12. The van der Waals surface area contributed by atoms with Gasteiger partial charge in [-0.25, -0.2) is 55.6 Å². The molecule has 0 saturated carbocycles. The first-order valence-corrected chi connectivity index (χ1v) is 21.3. The highest BCUT2D eigenvalue weighted by molar-refractivity contribution is 5.66. The molecular formula is C48H42F6N12. The third-order valence-electron chi connectivity index (χ3n) is 11.5. The lowest BCUT2D eigenvalue weighted by Gasteiger charge is -2.22. The predicted molar refractivity (Wildman–Crippen MR) is 234 cm³/mol. The topological polar surface area (TPSA) is 123 Å². The summed E-state index contributed by atoms with van der Waals surface area (Å²) in [6.07, 6.45) is 17.4. The van der Waals surface area contributed by atoms with Crippen LogP contribution in [0.25, 0.3) is 35.7 Å². The number of hydrogen-bond donors (Lipinski definition) is 0. The average molecular weight is 901 g/mol. The lowest BCUT2D eigenvalue weighted by atomic mass is 9.91. The van der Waals surface area contributed by atoms with Gasteiger partial charge in [-0.05, 0) is 137 Å². The lowest BCUT2D eigenvalue weighted by Crippen LogP contribution is -2.18. The summed E-state index contributed by atoms with van der Waals surface area (Å²) in [4.78, 5) is 26.9. The summed E-state index contributed by atoms with van der Waals surface area (Å²) in [7, 11) is 0. The number of fused-ring (bicyclic) bond motifs is 2. The van der Waals surface area contributed by atoms with Crippen LogP contribution in [-0.4, -0.2) is 58.6 Å². The van der Waals surface area contributed by atoms with Crippen molar-refractivity contribution in [3.05, 3.63) is 177 Å². The third-order valence-corrected chi connectivity index (χ3v) is 11.5. The van der Waals surface area contributed by atoms with Gasteiger partial charge in [0.05, 0.1) is 58.2 Å². The van der Waals surface area contributed by atoms with Gasteiger partial charge in [-0.3, -0.25) is 9.97 Å². The molecule has 8 aromatic rings. The molecule has 66 heavy (non-hydrogen) atoms. The summed E-state index contributed by atoms with van der Waals surface area (Å²) < 4.78 is 89.2. The summed E-state index contributed by atoms with van der Waals surface area (Å²) in [5.41, 5.74) is 7.68. The predicted octanol–water partition coefficient (Wildman–Crippen LogP) is 9.98. The molecule has 0 amide bonds. The van der Waals surface area contributed by atoms with E-state index in [0.29, 0.717) is 60.4 Å². The quantitative estimate of drug-likeness (QED) is 0.109. The van der Waals surface area contributed by atoms with Crippen LogP contribution in [0.15, 0.2) is 73.6 Å². The molecule has 8 heterocycles. The summed E-state index contributed by atoms with van der Waals surface area (Å²) >= 11 is 0. The maximum atomic E-state index is 13.8. The third kappa shape index (κ3) is 9.07. The van der Waals surface area contributed by atoms with E-state index in [9.17, 15) is 26.3 Å². The fraction of sp³-hybridized carbons (Fsp3) is 0.250. The summed E-state index contributed by atoms with van der Waals surface area (Å²) in [5, 5.41) is 9.02. The van der Waals surface area contributed by atoms with E-state index in [4.69, 9.17) is 0 Å². The molecule has 0 aliphatic carbocycles. The summed E-state index contributed by atoms with van der Waals surface area (Å²) in [6, 6.07) is 11.9. The highest BCUT2D eigenvalue weighted by Crippen LogP contribution is 2.35.